The first kappa shape index (κ1) is 11.4. The highest BCUT2D eigenvalue weighted by Gasteiger charge is 2.00. The molecule has 0 aromatic heterocycles. The van der Waals surface area contributed by atoms with Crippen LogP contribution in [0.5, 0.6) is 0 Å². The van der Waals surface area contributed by atoms with Gasteiger partial charge in [-0.2, -0.15) is 0 Å². The summed E-state index contributed by atoms with van der Waals surface area (Å²) in [6, 6.07) is 0. The Morgan fingerprint density at radius 3 is 2.75 bits per heavy atom. The van der Waals surface area contributed by atoms with Crippen LogP contribution in [0.15, 0.2) is 0 Å². The van der Waals surface area contributed by atoms with E-state index in [2.05, 4.69) is 11.8 Å². The van der Waals surface area contributed by atoms with Gasteiger partial charge in [0.05, 0.1) is 25.9 Å². The van der Waals surface area contributed by atoms with Gasteiger partial charge in [-0.05, 0) is 6.92 Å². The molecule has 12 heavy (non-hydrogen) atoms. The summed E-state index contributed by atoms with van der Waals surface area (Å²) in [7, 11) is 1.61. The summed E-state index contributed by atoms with van der Waals surface area (Å²) in [5.41, 5.74) is 0. The predicted octanol–water partition coefficient (Wildman–Crippen LogP) is 0.424. The lowest BCUT2D eigenvalue weighted by molar-refractivity contribution is 0.0154. The molecule has 0 aliphatic heterocycles. The Morgan fingerprint density at radius 1 is 1.42 bits per heavy atom. The molecule has 3 heteroatoms. The highest BCUT2D eigenvalue weighted by molar-refractivity contribution is 4.96. The van der Waals surface area contributed by atoms with Gasteiger partial charge in [-0.3, -0.25) is 0 Å². The largest absolute Gasteiger partial charge is 0.390 e. The first-order valence-electron chi connectivity index (χ1n) is 3.95. The second-order valence-corrected chi connectivity index (χ2v) is 2.35. The highest BCUT2D eigenvalue weighted by atomic mass is 16.5. The molecule has 70 valence electrons. The summed E-state index contributed by atoms with van der Waals surface area (Å²) in [5, 5.41) is 9.21. The van der Waals surface area contributed by atoms with Crippen molar-refractivity contribution in [2.75, 3.05) is 26.9 Å². The Labute approximate surface area is 73.7 Å². The molecular weight excluding hydrogens is 156 g/mol. The van der Waals surface area contributed by atoms with Gasteiger partial charge in [-0.25, -0.2) is 0 Å². The van der Waals surface area contributed by atoms with Gasteiger partial charge in [-0.1, -0.05) is 0 Å². The summed E-state index contributed by atoms with van der Waals surface area (Å²) in [6.07, 6.45) is -0.00182. The SMILES string of the molecule is CC#CCC(O)COCCOC. The van der Waals surface area contributed by atoms with Crippen molar-refractivity contribution in [2.45, 2.75) is 19.4 Å². The Morgan fingerprint density at radius 2 is 2.17 bits per heavy atom. The zero-order valence-electron chi connectivity index (χ0n) is 7.67. The van der Waals surface area contributed by atoms with Crippen LogP contribution >= 0.6 is 0 Å². The van der Waals surface area contributed by atoms with Crippen LogP contribution < -0.4 is 0 Å². The average molecular weight is 172 g/mol. The van der Waals surface area contributed by atoms with E-state index in [-0.39, 0.29) is 0 Å². The molecule has 0 aromatic carbocycles. The second-order valence-electron chi connectivity index (χ2n) is 2.35. The van der Waals surface area contributed by atoms with E-state index in [0.717, 1.165) is 0 Å². The molecule has 0 aliphatic rings. The monoisotopic (exact) mass is 172 g/mol. The molecule has 0 saturated heterocycles. The van der Waals surface area contributed by atoms with Crippen molar-refractivity contribution in [3.63, 3.8) is 0 Å². The quantitative estimate of drug-likeness (QED) is 0.466. The molecule has 0 radical (unpaired) electrons. The lowest BCUT2D eigenvalue weighted by Gasteiger charge is -2.07. The molecule has 0 spiro atoms. The lowest BCUT2D eigenvalue weighted by atomic mass is 10.3. The van der Waals surface area contributed by atoms with E-state index in [9.17, 15) is 5.11 Å². The molecule has 0 bridgehead atoms. The molecule has 0 amide bonds. The third kappa shape index (κ3) is 7.55. The summed E-state index contributed by atoms with van der Waals surface area (Å²) in [6.45, 7) is 3.16. The van der Waals surface area contributed by atoms with Gasteiger partial charge in [0.1, 0.15) is 0 Å². The van der Waals surface area contributed by atoms with Crippen LogP contribution in [0.2, 0.25) is 0 Å². The normalized spacial score (nSPS) is 11.9. The Bertz CT molecular complexity index is 146. The Hall–Kier alpha value is -0.560. The number of methoxy groups -OCH3 is 1. The number of rotatable bonds is 6. The van der Waals surface area contributed by atoms with Crippen LogP contribution in [0, 0.1) is 11.8 Å². The van der Waals surface area contributed by atoms with Crippen LogP contribution in [-0.4, -0.2) is 38.1 Å². The summed E-state index contributed by atoms with van der Waals surface area (Å²) in [5.74, 6) is 5.49. The van der Waals surface area contributed by atoms with Gasteiger partial charge in [0.2, 0.25) is 0 Å². The first-order valence-corrected chi connectivity index (χ1v) is 3.95. The molecule has 1 unspecified atom stereocenters. The minimum Gasteiger partial charge on any atom is -0.390 e. The molecule has 0 aromatic rings. The fourth-order valence-corrected chi connectivity index (χ4v) is 0.640. The van der Waals surface area contributed by atoms with E-state index in [0.29, 0.717) is 26.2 Å². The van der Waals surface area contributed by atoms with E-state index < -0.39 is 6.10 Å². The van der Waals surface area contributed by atoms with E-state index in [1.807, 2.05) is 0 Å². The fourth-order valence-electron chi connectivity index (χ4n) is 0.640. The van der Waals surface area contributed by atoms with Crippen LogP contribution in [0.3, 0.4) is 0 Å². The van der Waals surface area contributed by atoms with Gasteiger partial charge in [0, 0.05) is 13.5 Å². The van der Waals surface area contributed by atoms with Crippen LogP contribution in [0.4, 0.5) is 0 Å². The third-order valence-corrected chi connectivity index (χ3v) is 1.26. The molecule has 3 nitrogen and oxygen atoms in total. The first-order chi connectivity index (χ1) is 5.81. The highest BCUT2D eigenvalue weighted by Crippen LogP contribution is 1.90. The van der Waals surface area contributed by atoms with E-state index >= 15 is 0 Å². The maximum absolute atomic E-state index is 9.21. The maximum Gasteiger partial charge on any atom is 0.0882 e. The fraction of sp³-hybridized carbons (Fsp3) is 0.778. The van der Waals surface area contributed by atoms with Crippen molar-refractivity contribution in [3.05, 3.63) is 0 Å². The molecule has 1 N–H and O–H groups in total. The lowest BCUT2D eigenvalue weighted by Crippen LogP contribution is -2.16. The van der Waals surface area contributed by atoms with Gasteiger partial charge in [0.25, 0.3) is 0 Å². The standard InChI is InChI=1S/C9H16O3/c1-3-4-5-9(10)8-12-7-6-11-2/h9-10H,5-8H2,1-2H3. The molecule has 0 heterocycles. The van der Waals surface area contributed by atoms with E-state index in [1.165, 1.54) is 0 Å². The van der Waals surface area contributed by atoms with Crippen molar-refractivity contribution in [1.82, 2.24) is 0 Å². The van der Waals surface area contributed by atoms with Crippen LogP contribution in [0.25, 0.3) is 0 Å². The zero-order chi connectivity index (χ0) is 9.23. The van der Waals surface area contributed by atoms with Gasteiger partial charge in [-0.15, -0.1) is 11.8 Å². The van der Waals surface area contributed by atoms with E-state index in [1.54, 1.807) is 14.0 Å². The van der Waals surface area contributed by atoms with Gasteiger partial charge in [0.15, 0.2) is 0 Å². The number of ether oxygens (including phenoxy) is 2. The van der Waals surface area contributed by atoms with Crippen molar-refractivity contribution in [1.29, 1.82) is 0 Å². The Kier molecular flexibility index (Phi) is 8.14. The summed E-state index contributed by atoms with van der Waals surface area (Å²) < 4.78 is 9.86. The number of aliphatic hydroxyl groups is 1. The smallest absolute Gasteiger partial charge is 0.0882 e. The zero-order valence-corrected chi connectivity index (χ0v) is 7.67. The minimum absolute atomic E-state index is 0.331. The molecule has 0 rings (SSSR count). The number of aliphatic hydroxyl groups excluding tert-OH is 1. The topological polar surface area (TPSA) is 38.7 Å². The second kappa shape index (κ2) is 8.54. The average Bonchev–Trinajstić information content (AvgIpc) is 2.09. The van der Waals surface area contributed by atoms with Crippen molar-refractivity contribution < 1.29 is 14.6 Å². The number of hydrogen-bond donors (Lipinski definition) is 1. The summed E-state index contributed by atoms with van der Waals surface area (Å²) >= 11 is 0. The molecule has 0 saturated carbocycles. The molecule has 0 aliphatic carbocycles. The van der Waals surface area contributed by atoms with Gasteiger partial charge < -0.3 is 14.6 Å². The van der Waals surface area contributed by atoms with Crippen molar-refractivity contribution >= 4 is 0 Å². The van der Waals surface area contributed by atoms with Crippen molar-refractivity contribution in [2.24, 2.45) is 0 Å². The molecule has 0 fully saturated rings. The molecular formula is C9H16O3. The van der Waals surface area contributed by atoms with E-state index in [4.69, 9.17) is 9.47 Å². The summed E-state index contributed by atoms with van der Waals surface area (Å²) in [4.78, 5) is 0. The minimum atomic E-state index is -0.477. The third-order valence-electron chi connectivity index (χ3n) is 1.26. The predicted molar refractivity (Wildman–Crippen MR) is 46.8 cm³/mol. The Balaban J connectivity index is 3.17. The van der Waals surface area contributed by atoms with Crippen LogP contribution in [-0.2, 0) is 9.47 Å². The number of hydrogen-bond acceptors (Lipinski definition) is 3. The van der Waals surface area contributed by atoms with Crippen LogP contribution in [0.1, 0.15) is 13.3 Å². The van der Waals surface area contributed by atoms with Crippen molar-refractivity contribution in [3.8, 4) is 11.8 Å². The maximum atomic E-state index is 9.21. The van der Waals surface area contributed by atoms with Gasteiger partial charge >= 0.3 is 0 Å². The molecule has 1 atom stereocenters.